The number of esters is 1. The van der Waals surface area contributed by atoms with Crippen molar-refractivity contribution in [2.45, 2.75) is 55.9 Å². The van der Waals surface area contributed by atoms with Gasteiger partial charge in [0.25, 0.3) is 5.91 Å². The zero-order valence-electron chi connectivity index (χ0n) is 25.0. The van der Waals surface area contributed by atoms with E-state index in [1.54, 1.807) is 43.7 Å². The number of ketones is 1. The van der Waals surface area contributed by atoms with Crippen LogP contribution in [0.2, 0.25) is 0 Å². The van der Waals surface area contributed by atoms with Gasteiger partial charge in [0.05, 0.1) is 42.1 Å². The number of sulfone groups is 1. The van der Waals surface area contributed by atoms with Gasteiger partial charge in [-0.1, -0.05) is 42.5 Å². The molecule has 0 saturated heterocycles. The molecular weight excluding hydrogens is 594 g/mol. The van der Waals surface area contributed by atoms with Crippen molar-refractivity contribution in [1.29, 1.82) is 0 Å². The number of benzene rings is 3. The molecule has 1 heterocycles. The summed E-state index contributed by atoms with van der Waals surface area (Å²) in [4.78, 5) is 41.7. The van der Waals surface area contributed by atoms with Gasteiger partial charge in [0, 0.05) is 36.5 Å². The molecule has 1 atom stereocenters. The van der Waals surface area contributed by atoms with Gasteiger partial charge in [-0.15, -0.1) is 0 Å². The first-order valence-corrected chi connectivity index (χ1v) is 16.5. The third-order valence-corrected chi connectivity index (χ3v) is 9.31. The Morgan fingerprint density at radius 3 is 2.56 bits per heavy atom. The molecule has 1 aliphatic rings. The summed E-state index contributed by atoms with van der Waals surface area (Å²) in [7, 11) is -4.12. The molecule has 0 fully saturated rings. The Morgan fingerprint density at radius 1 is 1.02 bits per heavy atom. The van der Waals surface area contributed by atoms with E-state index in [2.05, 4.69) is 10.3 Å². The number of hydrogen-bond acceptors (Lipinski definition) is 8. The van der Waals surface area contributed by atoms with Gasteiger partial charge in [0.15, 0.2) is 15.6 Å². The van der Waals surface area contributed by atoms with E-state index in [1.807, 2.05) is 41.1 Å². The van der Waals surface area contributed by atoms with Crippen molar-refractivity contribution < 1.29 is 32.3 Å². The van der Waals surface area contributed by atoms with Crippen LogP contribution in [-0.2, 0) is 38.1 Å². The van der Waals surface area contributed by atoms with Crippen LogP contribution in [-0.4, -0.2) is 48.8 Å². The Kier molecular flexibility index (Phi) is 10.1. The SMILES string of the molecule is CCOC(=O)CCNC(=O)c1ccccc1S(=O)(=O)Cc1c(OC(Cn2ccnc2)c2ccccc2)ccc2c1CCCC2=O. The summed E-state index contributed by atoms with van der Waals surface area (Å²) in [5.74, 6) is -1.24. The Labute approximate surface area is 262 Å². The van der Waals surface area contributed by atoms with E-state index in [0.717, 1.165) is 5.56 Å². The standard InChI is InChI=1S/C34H35N3O7S/c1-2-43-33(39)17-18-36-34(40)27-11-6-7-14-32(27)45(41,42)22-28-25-12-8-13-29(38)26(25)15-16-30(28)44-31(21-37-20-19-35-23-37)24-9-4-3-5-10-24/h3-7,9-11,14-16,19-20,23,31H,2,8,12-13,17-18,21-22H2,1H3,(H,36,40). The molecule has 1 aromatic heterocycles. The van der Waals surface area contributed by atoms with Gasteiger partial charge in [0.2, 0.25) is 0 Å². The number of nitrogens with one attached hydrogen (secondary N) is 1. The maximum Gasteiger partial charge on any atom is 0.307 e. The van der Waals surface area contributed by atoms with Gasteiger partial charge in [0.1, 0.15) is 11.9 Å². The molecule has 10 nitrogen and oxygen atoms in total. The molecule has 0 spiro atoms. The molecular formula is C34H35N3O7S. The van der Waals surface area contributed by atoms with E-state index in [4.69, 9.17) is 9.47 Å². The highest BCUT2D eigenvalue weighted by atomic mass is 32.2. The molecule has 1 N–H and O–H groups in total. The third-order valence-electron chi connectivity index (χ3n) is 7.62. The molecule has 0 bridgehead atoms. The van der Waals surface area contributed by atoms with Crippen LogP contribution >= 0.6 is 0 Å². The number of carbonyl (C=O) groups is 3. The maximum absolute atomic E-state index is 14.1. The minimum Gasteiger partial charge on any atom is -0.484 e. The zero-order chi connectivity index (χ0) is 31.8. The average Bonchev–Trinajstić information content (AvgIpc) is 3.56. The summed E-state index contributed by atoms with van der Waals surface area (Å²) in [6, 6.07) is 19.0. The number of hydrogen-bond donors (Lipinski definition) is 1. The first kappa shape index (κ1) is 31.6. The van der Waals surface area contributed by atoms with Gasteiger partial charge in [-0.3, -0.25) is 14.4 Å². The van der Waals surface area contributed by atoms with Gasteiger partial charge in [-0.05, 0) is 55.2 Å². The van der Waals surface area contributed by atoms with E-state index in [9.17, 15) is 22.8 Å². The molecule has 11 heteroatoms. The van der Waals surface area contributed by atoms with Gasteiger partial charge < -0.3 is 19.4 Å². The lowest BCUT2D eigenvalue weighted by atomic mass is 9.87. The largest absolute Gasteiger partial charge is 0.484 e. The molecule has 0 saturated carbocycles. The number of aromatic nitrogens is 2. The second-order valence-corrected chi connectivity index (χ2v) is 12.6. The number of imidazole rings is 1. The van der Waals surface area contributed by atoms with Gasteiger partial charge >= 0.3 is 5.97 Å². The minimum atomic E-state index is -4.12. The molecule has 1 unspecified atom stereocenters. The average molecular weight is 630 g/mol. The van der Waals surface area contributed by atoms with Crippen molar-refractivity contribution >= 4 is 27.5 Å². The number of Topliss-reactive ketones (excluding diaryl/α,β-unsaturated/α-hetero) is 1. The monoisotopic (exact) mass is 629 g/mol. The first-order chi connectivity index (χ1) is 21.8. The highest BCUT2D eigenvalue weighted by molar-refractivity contribution is 7.90. The van der Waals surface area contributed by atoms with Crippen molar-refractivity contribution in [3.63, 3.8) is 0 Å². The van der Waals surface area contributed by atoms with Crippen LogP contribution in [0, 0.1) is 0 Å². The van der Waals surface area contributed by atoms with E-state index >= 15 is 0 Å². The van der Waals surface area contributed by atoms with E-state index in [0.29, 0.717) is 48.2 Å². The first-order valence-electron chi connectivity index (χ1n) is 14.9. The zero-order valence-corrected chi connectivity index (χ0v) is 25.8. The van der Waals surface area contributed by atoms with Crippen LogP contribution in [0.4, 0.5) is 0 Å². The maximum atomic E-state index is 14.1. The molecule has 1 aliphatic carbocycles. The van der Waals surface area contributed by atoms with Crippen LogP contribution < -0.4 is 10.1 Å². The van der Waals surface area contributed by atoms with Crippen LogP contribution in [0.1, 0.15) is 69.7 Å². The van der Waals surface area contributed by atoms with Crippen molar-refractivity contribution in [2.24, 2.45) is 0 Å². The Morgan fingerprint density at radius 2 is 1.80 bits per heavy atom. The van der Waals surface area contributed by atoms with Crippen molar-refractivity contribution in [3.8, 4) is 5.75 Å². The Hall–Kier alpha value is -4.77. The number of rotatable bonds is 13. The van der Waals surface area contributed by atoms with Gasteiger partial charge in [-0.2, -0.15) is 0 Å². The smallest absolute Gasteiger partial charge is 0.307 e. The second kappa shape index (κ2) is 14.3. The number of fused-ring (bicyclic) bond motifs is 1. The van der Waals surface area contributed by atoms with Crippen LogP contribution in [0.25, 0.3) is 0 Å². The molecule has 0 aliphatic heterocycles. The summed E-state index contributed by atoms with van der Waals surface area (Å²) in [6.07, 6.45) is 6.17. The third kappa shape index (κ3) is 7.66. The molecule has 5 rings (SSSR count). The predicted octanol–water partition coefficient (Wildman–Crippen LogP) is 4.88. The Bertz CT molecular complexity index is 1770. The molecule has 1 amide bonds. The number of nitrogens with zero attached hydrogens (tertiary/aromatic N) is 2. The highest BCUT2D eigenvalue weighted by Gasteiger charge is 2.30. The fraction of sp³-hybridized carbons (Fsp3) is 0.294. The lowest BCUT2D eigenvalue weighted by molar-refractivity contribution is -0.142. The normalized spacial score (nSPS) is 13.5. The summed E-state index contributed by atoms with van der Waals surface area (Å²) < 4.78 is 41.6. The number of carbonyl (C=O) groups excluding carboxylic acids is 3. The van der Waals surface area contributed by atoms with Crippen LogP contribution in [0.5, 0.6) is 5.75 Å². The van der Waals surface area contributed by atoms with Crippen molar-refractivity contribution in [3.05, 3.63) is 113 Å². The quantitative estimate of drug-likeness (QED) is 0.207. The molecule has 0 radical (unpaired) electrons. The summed E-state index contributed by atoms with van der Waals surface area (Å²) in [6.45, 7) is 2.33. The Balaban J connectivity index is 1.49. The van der Waals surface area contributed by atoms with Crippen molar-refractivity contribution in [2.75, 3.05) is 13.2 Å². The molecule has 234 valence electrons. The van der Waals surface area contributed by atoms with E-state index < -0.39 is 33.6 Å². The topological polar surface area (TPSA) is 134 Å². The van der Waals surface area contributed by atoms with Crippen LogP contribution in [0.15, 0.2) is 90.3 Å². The van der Waals surface area contributed by atoms with Gasteiger partial charge in [-0.25, -0.2) is 13.4 Å². The van der Waals surface area contributed by atoms with E-state index in [-0.39, 0.29) is 35.8 Å². The summed E-state index contributed by atoms with van der Waals surface area (Å²) in [5, 5.41) is 2.62. The lowest BCUT2D eigenvalue weighted by Gasteiger charge is -2.26. The van der Waals surface area contributed by atoms with Crippen LogP contribution in [0.3, 0.4) is 0 Å². The number of amides is 1. The summed E-state index contributed by atoms with van der Waals surface area (Å²) in [5.41, 5.74) is 2.41. The van der Waals surface area contributed by atoms with Crippen molar-refractivity contribution in [1.82, 2.24) is 14.9 Å². The number of ether oxygens (including phenoxy) is 2. The molecule has 3 aromatic carbocycles. The molecule has 45 heavy (non-hydrogen) atoms. The fourth-order valence-corrected chi connectivity index (χ4v) is 7.10. The molecule has 4 aromatic rings. The predicted molar refractivity (Wildman–Crippen MR) is 167 cm³/mol. The second-order valence-electron chi connectivity index (χ2n) is 10.7. The minimum absolute atomic E-state index is 0.00384. The lowest BCUT2D eigenvalue weighted by Crippen LogP contribution is -2.28. The fourth-order valence-electron chi connectivity index (χ4n) is 5.46. The van der Waals surface area contributed by atoms with E-state index in [1.165, 1.54) is 12.1 Å². The summed E-state index contributed by atoms with van der Waals surface area (Å²) >= 11 is 0. The highest BCUT2D eigenvalue weighted by Crippen LogP contribution is 2.37.